The molecule has 0 atom stereocenters. The lowest BCUT2D eigenvalue weighted by Crippen LogP contribution is -2.00. The molecule has 21 aromatic rings. The molecular weight excluding hydrogens is 1310 g/mol. The van der Waals surface area contributed by atoms with Gasteiger partial charge in [-0.05, 0) is 126 Å². The second-order valence-corrected chi connectivity index (χ2v) is 25.4. The summed E-state index contributed by atoms with van der Waals surface area (Å²) in [5.41, 5.74) is 16.3. The highest BCUT2D eigenvalue weighted by Gasteiger charge is 2.23. The van der Waals surface area contributed by atoms with Gasteiger partial charge in [0.1, 0.15) is 44.7 Å². The number of para-hydroxylation sites is 4. The van der Waals surface area contributed by atoms with Crippen molar-refractivity contribution in [1.82, 2.24) is 34.5 Å². The first-order valence-electron chi connectivity index (χ1n) is 38.3. The maximum Gasteiger partial charge on any atom is 0.164 e. The van der Waals surface area contributed by atoms with Crippen LogP contribution in [0.1, 0.15) is 39.7 Å². The Bertz CT molecular complexity index is 7470. The highest BCUT2D eigenvalue weighted by Crippen LogP contribution is 2.43. The van der Waals surface area contributed by atoms with Gasteiger partial charge in [0.05, 0.1) is 24.7 Å². The zero-order chi connectivity index (χ0) is 76.8. The molecular formula is C93H62ClN7O4. The Balaban J connectivity index is 0.000000138. The van der Waals surface area contributed by atoms with Crippen LogP contribution in [0.3, 0.4) is 0 Å². The summed E-state index contributed by atoms with van der Waals surface area (Å²) in [6, 6.07) is 78.9. The fourth-order valence-corrected chi connectivity index (χ4v) is 14.5. The molecule has 1 aliphatic carbocycles. The number of rotatable bonds is 7. The molecule has 1 aliphatic rings. The molecule has 0 bridgehead atoms. The second-order valence-electron chi connectivity index (χ2n) is 25.0. The third-order valence-electron chi connectivity index (χ3n) is 19.0. The van der Waals surface area contributed by atoms with Crippen molar-refractivity contribution in [2.45, 2.75) is 21.3 Å². The SMILES string of the molecule is C.C.[2H]c1c([2H])c([2H])c(-c2nc(-c3ccc4c(c3)oc3ccccc34)nc(-c3cccc4oc5ccc(-n6c7ccccc7c7ccccc76)cc5c34)n2)c([2H])c1[2H].[2H]c1c([2H])c([2H])c(-c2nc(-c3ccc4c(c3)oc3ccccc34)nc(-c3cccc4oc5ccc(Cl)cc5c34)n2)c([2H])c1[2H].c1ccc2c(c1)Cc1ccccc1-2. The third kappa shape index (κ3) is 11.1. The lowest BCUT2D eigenvalue weighted by molar-refractivity contribution is 0.668. The van der Waals surface area contributed by atoms with Crippen molar-refractivity contribution in [3.05, 3.63) is 331 Å². The van der Waals surface area contributed by atoms with Gasteiger partial charge in [0, 0.05) is 98.0 Å². The minimum Gasteiger partial charge on any atom is -0.456 e. The minimum absolute atomic E-state index is 0. The van der Waals surface area contributed by atoms with Crippen LogP contribution in [-0.2, 0) is 6.42 Å². The molecule has 0 saturated heterocycles. The highest BCUT2D eigenvalue weighted by atomic mass is 35.5. The Kier molecular flexibility index (Phi) is 13.2. The van der Waals surface area contributed by atoms with Crippen molar-refractivity contribution in [2.75, 3.05) is 0 Å². The van der Waals surface area contributed by atoms with Crippen LogP contribution < -0.4 is 0 Å². The summed E-state index contributed by atoms with van der Waals surface area (Å²) >= 11 is 6.35. The lowest BCUT2D eigenvalue weighted by atomic mass is 10.0. The molecule has 14 aromatic carbocycles. The first-order valence-corrected chi connectivity index (χ1v) is 33.7. The van der Waals surface area contributed by atoms with E-state index in [2.05, 4.69) is 107 Å². The third-order valence-corrected chi connectivity index (χ3v) is 19.2. The Hall–Kier alpha value is -13.6. The van der Waals surface area contributed by atoms with Crippen LogP contribution in [0.4, 0.5) is 0 Å². The largest absolute Gasteiger partial charge is 0.456 e. The zero-order valence-corrected chi connectivity index (χ0v) is 54.9. The van der Waals surface area contributed by atoms with Gasteiger partial charge in [-0.25, -0.2) is 29.9 Å². The highest BCUT2D eigenvalue weighted by molar-refractivity contribution is 6.32. The van der Waals surface area contributed by atoms with E-state index in [0.717, 1.165) is 88.2 Å². The molecule has 11 nitrogen and oxygen atoms in total. The summed E-state index contributed by atoms with van der Waals surface area (Å²) in [4.78, 5) is 28.9. The molecule has 0 saturated carbocycles. The van der Waals surface area contributed by atoms with Crippen LogP contribution in [0.15, 0.2) is 333 Å². The molecule has 500 valence electrons. The van der Waals surface area contributed by atoms with Gasteiger partial charge in [-0.1, -0.05) is 245 Å². The zero-order valence-electron chi connectivity index (χ0n) is 64.1. The Morgan fingerprint density at radius 2 is 0.657 bits per heavy atom. The molecule has 7 aromatic heterocycles. The van der Waals surface area contributed by atoms with Crippen LogP contribution in [-0.4, -0.2) is 34.5 Å². The summed E-state index contributed by atoms with van der Waals surface area (Å²) < 4.78 is 112. The molecule has 0 N–H and O–H groups in total. The molecule has 0 spiro atoms. The molecule has 0 fully saturated rings. The number of nitrogens with zero attached hydrogens (tertiary/aromatic N) is 7. The van der Waals surface area contributed by atoms with Crippen molar-refractivity contribution in [2.24, 2.45) is 0 Å². The summed E-state index contributed by atoms with van der Waals surface area (Å²) in [7, 11) is 0. The fourth-order valence-electron chi connectivity index (χ4n) is 14.3. The van der Waals surface area contributed by atoms with Crippen molar-refractivity contribution in [3.8, 4) is 85.1 Å². The predicted molar refractivity (Wildman–Crippen MR) is 429 cm³/mol. The summed E-state index contributed by atoms with van der Waals surface area (Å²) in [6.45, 7) is 0. The van der Waals surface area contributed by atoms with Gasteiger partial charge in [-0.15, -0.1) is 0 Å². The molecule has 0 aliphatic heterocycles. The van der Waals surface area contributed by atoms with Crippen LogP contribution in [0, 0.1) is 0 Å². The lowest BCUT2D eigenvalue weighted by Gasteiger charge is -2.10. The van der Waals surface area contributed by atoms with E-state index in [1.807, 2.05) is 140 Å². The monoisotopic (exact) mass is 1390 g/mol. The van der Waals surface area contributed by atoms with E-state index >= 15 is 0 Å². The molecule has 22 rings (SSSR count). The van der Waals surface area contributed by atoms with Gasteiger partial charge in [0.25, 0.3) is 0 Å². The maximum absolute atomic E-state index is 8.81. The van der Waals surface area contributed by atoms with E-state index in [0.29, 0.717) is 60.8 Å². The van der Waals surface area contributed by atoms with Crippen LogP contribution in [0.25, 0.3) is 195 Å². The van der Waals surface area contributed by atoms with E-state index in [4.69, 9.17) is 67.9 Å². The van der Waals surface area contributed by atoms with Gasteiger partial charge in [0.2, 0.25) is 0 Å². The van der Waals surface area contributed by atoms with Crippen molar-refractivity contribution in [3.63, 3.8) is 0 Å². The number of aromatic nitrogens is 7. The number of benzene rings is 14. The maximum atomic E-state index is 8.81. The fraction of sp³-hybridized carbons (Fsp3) is 0.0323. The average molecular weight is 1390 g/mol. The Morgan fingerprint density at radius 1 is 0.286 bits per heavy atom. The minimum atomic E-state index is -0.500. The summed E-state index contributed by atoms with van der Waals surface area (Å²) in [6.07, 6.45) is 1.10. The topological polar surface area (TPSA) is 135 Å². The number of fused-ring (bicyclic) bond motifs is 18. The van der Waals surface area contributed by atoms with Crippen molar-refractivity contribution < 1.29 is 31.4 Å². The van der Waals surface area contributed by atoms with Crippen molar-refractivity contribution in [1.29, 1.82) is 0 Å². The van der Waals surface area contributed by atoms with E-state index in [-0.39, 0.29) is 60.9 Å². The van der Waals surface area contributed by atoms with Gasteiger partial charge >= 0.3 is 0 Å². The Labute approximate surface area is 621 Å². The summed E-state index contributed by atoms with van der Waals surface area (Å²) in [5, 5.41) is 9.73. The normalized spacial score (nSPS) is 13.0. The van der Waals surface area contributed by atoms with Crippen LogP contribution in [0.5, 0.6) is 0 Å². The van der Waals surface area contributed by atoms with Crippen LogP contribution in [0.2, 0.25) is 5.02 Å². The van der Waals surface area contributed by atoms with E-state index in [1.165, 1.54) is 22.3 Å². The van der Waals surface area contributed by atoms with Gasteiger partial charge in [0.15, 0.2) is 34.9 Å². The second kappa shape index (κ2) is 26.1. The van der Waals surface area contributed by atoms with Gasteiger partial charge in [-0.3, -0.25) is 0 Å². The first kappa shape index (κ1) is 53.3. The Morgan fingerprint density at radius 3 is 1.16 bits per heavy atom. The quantitative estimate of drug-likeness (QED) is 0.152. The van der Waals surface area contributed by atoms with E-state index < -0.39 is 60.4 Å². The van der Waals surface area contributed by atoms with E-state index in [9.17, 15) is 0 Å². The number of furan rings is 4. The molecule has 12 heteroatoms. The predicted octanol–water partition coefficient (Wildman–Crippen LogP) is 25.6. The van der Waals surface area contributed by atoms with Crippen LogP contribution >= 0.6 is 11.6 Å². The standard InChI is InChI=1S/C45H26N4O2.C33H18ClN3O2.C13H10.2CH4/c1-2-11-27(12-3-1)43-46-44(28-21-23-33-32-15-6-9-19-38(32)51-41(33)25-28)48-45(47-43)34-16-10-20-40-42(34)35-26-29(22-24-39(35)50-40)49-36-17-7-4-13-30(36)31-14-5-8-18-37(31)49;34-21-14-16-27-25(18-21)30-24(10-6-12-28(30)38-27)33-36-31(19-7-2-1-3-8-19)35-32(37-33)20-13-15-23-22-9-4-5-11-26(22)39-29(23)17-20;1-3-7-12-10(5-1)9-11-6-2-4-8-13(11)12;;/h1-26H;1-18H;1-8H,9H2;2*1H4/i1D,2D,3D,11D,12D;1D,2D,3D,7D,8D;;;. The average Bonchev–Trinajstić information content (AvgIpc) is 1.34. The summed E-state index contributed by atoms with van der Waals surface area (Å²) in [5.74, 6) is 0.848. The first-order chi connectivity index (χ1) is 55.1. The molecule has 7 heterocycles. The number of hydrogen-bond acceptors (Lipinski definition) is 10. The number of halogens is 1. The molecule has 105 heavy (non-hydrogen) atoms. The smallest absolute Gasteiger partial charge is 0.164 e. The number of hydrogen-bond donors (Lipinski definition) is 0. The van der Waals surface area contributed by atoms with Gasteiger partial charge < -0.3 is 22.2 Å². The molecule has 0 radical (unpaired) electrons. The van der Waals surface area contributed by atoms with Gasteiger partial charge in [-0.2, -0.15) is 0 Å². The molecule has 0 unspecified atom stereocenters. The molecule has 0 amide bonds. The van der Waals surface area contributed by atoms with Crippen molar-refractivity contribution >= 4 is 121 Å². The van der Waals surface area contributed by atoms with E-state index in [1.54, 1.807) is 18.2 Å².